The van der Waals surface area contributed by atoms with Crippen molar-refractivity contribution in [2.24, 2.45) is 0 Å². The molecule has 0 amide bonds. The number of fused-ring (bicyclic) bond motifs is 2. The van der Waals surface area contributed by atoms with E-state index in [1.54, 1.807) is 7.11 Å². The van der Waals surface area contributed by atoms with Gasteiger partial charge >= 0.3 is 0 Å². The number of rotatable bonds is 3. The van der Waals surface area contributed by atoms with Crippen molar-refractivity contribution in [2.45, 2.75) is 19.8 Å². The average molecular weight is 248 g/mol. The molecule has 0 aromatic heterocycles. The van der Waals surface area contributed by atoms with E-state index in [1.807, 2.05) is 5.06 Å². The fourth-order valence-corrected chi connectivity index (χ4v) is 2.68. The van der Waals surface area contributed by atoms with Gasteiger partial charge in [0, 0.05) is 25.4 Å². The van der Waals surface area contributed by atoms with Crippen LogP contribution in [-0.4, -0.2) is 41.7 Å². The third-order valence-electron chi connectivity index (χ3n) is 3.52. The lowest BCUT2D eigenvalue weighted by Gasteiger charge is -2.38. The minimum atomic E-state index is 0.802. The Hall–Kier alpha value is -1.46. The second-order valence-corrected chi connectivity index (χ2v) is 4.76. The second-order valence-electron chi connectivity index (χ2n) is 4.76. The Morgan fingerprint density at radius 2 is 2.33 bits per heavy atom. The quantitative estimate of drug-likeness (QED) is 0.815. The highest BCUT2D eigenvalue weighted by Gasteiger charge is 2.34. The van der Waals surface area contributed by atoms with E-state index in [4.69, 9.17) is 4.84 Å². The monoisotopic (exact) mass is 248 g/mol. The Bertz CT molecular complexity index is 427. The standard InChI is InChI=1S/C13H20N4O/c1-3-6-15-7-4-5-12-13(15)17-10-16(18-2)9-11(17)8-14-12/h4,7-8,14H,3,5-6,9-10H2,1-2H3. The summed E-state index contributed by atoms with van der Waals surface area (Å²) in [5, 5.41) is 5.39. The third kappa shape index (κ3) is 1.79. The van der Waals surface area contributed by atoms with Gasteiger partial charge in [-0.25, -0.2) is 0 Å². The van der Waals surface area contributed by atoms with Crippen LogP contribution in [0, 0.1) is 0 Å². The fourth-order valence-electron chi connectivity index (χ4n) is 2.68. The van der Waals surface area contributed by atoms with E-state index in [2.05, 4.69) is 40.5 Å². The number of hydroxylamine groups is 2. The topological polar surface area (TPSA) is 31.0 Å². The van der Waals surface area contributed by atoms with Gasteiger partial charge in [0.05, 0.1) is 25.0 Å². The molecule has 0 aliphatic carbocycles. The van der Waals surface area contributed by atoms with Crippen molar-refractivity contribution < 1.29 is 4.84 Å². The molecular weight excluding hydrogens is 228 g/mol. The molecule has 0 unspecified atom stereocenters. The lowest BCUT2D eigenvalue weighted by Crippen LogP contribution is -2.39. The summed E-state index contributed by atoms with van der Waals surface area (Å²) in [4.78, 5) is 10.0. The zero-order valence-corrected chi connectivity index (χ0v) is 11.0. The Kier molecular flexibility index (Phi) is 3.01. The van der Waals surface area contributed by atoms with Crippen LogP contribution in [0.25, 0.3) is 0 Å². The van der Waals surface area contributed by atoms with Gasteiger partial charge in [-0.15, -0.1) is 0 Å². The fraction of sp³-hybridized carbons (Fsp3) is 0.538. The number of nitrogens with one attached hydrogen (secondary N) is 1. The van der Waals surface area contributed by atoms with Crippen molar-refractivity contribution in [3.05, 3.63) is 35.7 Å². The maximum Gasteiger partial charge on any atom is 0.134 e. The maximum atomic E-state index is 5.34. The van der Waals surface area contributed by atoms with Gasteiger partial charge < -0.3 is 20.0 Å². The van der Waals surface area contributed by atoms with Crippen LogP contribution in [0.2, 0.25) is 0 Å². The number of nitrogens with zero attached hydrogens (tertiary/aromatic N) is 3. The summed E-state index contributed by atoms with van der Waals surface area (Å²) < 4.78 is 0. The van der Waals surface area contributed by atoms with Crippen LogP contribution in [-0.2, 0) is 4.84 Å². The predicted molar refractivity (Wildman–Crippen MR) is 69.4 cm³/mol. The molecule has 3 heterocycles. The smallest absolute Gasteiger partial charge is 0.134 e. The molecule has 3 rings (SSSR count). The van der Waals surface area contributed by atoms with Crippen molar-refractivity contribution in [2.75, 3.05) is 26.9 Å². The van der Waals surface area contributed by atoms with E-state index in [0.717, 1.165) is 32.6 Å². The van der Waals surface area contributed by atoms with Gasteiger partial charge in [0.15, 0.2) is 0 Å². The zero-order chi connectivity index (χ0) is 12.5. The molecule has 0 aromatic carbocycles. The molecule has 0 atom stereocenters. The van der Waals surface area contributed by atoms with Crippen molar-refractivity contribution in [3.8, 4) is 0 Å². The first kappa shape index (κ1) is 11.6. The van der Waals surface area contributed by atoms with Crippen LogP contribution in [0.4, 0.5) is 0 Å². The van der Waals surface area contributed by atoms with Crippen LogP contribution in [0.1, 0.15) is 19.8 Å². The van der Waals surface area contributed by atoms with Gasteiger partial charge in [0.25, 0.3) is 0 Å². The van der Waals surface area contributed by atoms with Crippen LogP contribution < -0.4 is 5.32 Å². The molecule has 18 heavy (non-hydrogen) atoms. The van der Waals surface area contributed by atoms with E-state index >= 15 is 0 Å². The predicted octanol–water partition coefficient (Wildman–Crippen LogP) is 1.37. The van der Waals surface area contributed by atoms with Gasteiger partial charge in [0.1, 0.15) is 12.5 Å². The summed E-state index contributed by atoms with van der Waals surface area (Å²) in [7, 11) is 1.73. The molecule has 1 saturated heterocycles. The third-order valence-corrected chi connectivity index (χ3v) is 3.52. The summed E-state index contributed by atoms with van der Waals surface area (Å²) in [6.45, 7) is 4.90. The SMILES string of the molecule is CCCN1C=CCC2=C1N1CN(OC)CC1=CN2. The minimum absolute atomic E-state index is 0.802. The molecular formula is C13H20N4O. The number of hydrogen-bond donors (Lipinski definition) is 1. The normalized spacial score (nSPS) is 22.9. The van der Waals surface area contributed by atoms with E-state index in [9.17, 15) is 0 Å². The van der Waals surface area contributed by atoms with Crippen molar-refractivity contribution in [3.63, 3.8) is 0 Å². The van der Waals surface area contributed by atoms with E-state index in [1.165, 1.54) is 17.2 Å². The Labute approximate surface area is 108 Å². The second kappa shape index (κ2) is 4.66. The van der Waals surface area contributed by atoms with Crippen molar-refractivity contribution >= 4 is 0 Å². The van der Waals surface area contributed by atoms with Gasteiger partial charge in [-0.3, -0.25) is 0 Å². The van der Waals surface area contributed by atoms with Gasteiger partial charge in [-0.1, -0.05) is 13.0 Å². The number of allylic oxidation sites excluding steroid dienone is 1. The zero-order valence-electron chi connectivity index (χ0n) is 11.0. The summed E-state index contributed by atoms with van der Waals surface area (Å²) >= 11 is 0. The largest absolute Gasteiger partial charge is 0.360 e. The van der Waals surface area contributed by atoms with E-state index in [-0.39, 0.29) is 0 Å². The molecule has 0 saturated carbocycles. The lowest BCUT2D eigenvalue weighted by molar-refractivity contribution is -0.121. The van der Waals surface area contributed by atoms with Gasteiger partial charge in [-0.2, -0.15) is 5.06 Å². The molecule has 0 bridgehead atoms. The summed E-state index contributed by atoms with van der Waals surface area (Å²) in [5.41, 5.74) is 2.56. The van der Waals surface area contributed by atoms with Gasteiger partial charge in [0.2, 0.25) is 0 Å². The minimum Gasteiger partial charge on any atom is -0.360 e. The van der Waals surface area contributed by atoms with Crippen molar-refractivity contribution in [1.29, 1.82) is 0 Å². The Morgan fingerprint density at radius 3 is 3.11 bits per heavy atom. The highest BCUT2D eigenvalue weighted by molar-refractivity contribution is 5.31. The Balaban J connectivity index is 1.87. The van der Waals surface area contributed by atoms with E-state index < -0.39 is 0 Å². The molecule has 0 radical (unpaired) electrons. The molecule has 1 N–H and O–H groups in total. The van der Waals surface area contributed by atoms with E-state index in [0.29, 0.717) is 0 Å². The molecule has 1 fully saturated rings. The molecule has 0 aromatic rings. The van der Waals surface area contributed by atoms with Crippen LogP contribution in [0.15, 0.2) is 35.7 Å². The molecule has 0 spiro atoms. The average Bonchev–Trinajstić information content (AvgIpc) is 2.82. The summed E-state index contributed by atoms with van der Waals surface area (Å²) in [6, 6.07) is 0. The summed E-state index contributed by atoms with van der Waals surface area (Å²) in [6.07, 6.45) is 8.62. The van der Waals surface area contributed by atoms with Crippen LogP contribution in [0.3, 0.4) is 0 Å². The molecule has 3 aliphatic rings. The summed E-state index contributed by atoms with van der Waals surface area (Å²) in [5.74, 6) is 1.29. The highest BCUT2D eigenvalue weighted by Crippen LogP contribution is 2.32. The van der Waals surface area contributed by atoms with Gasteiger partial charge in [-0.05, 0) is 6.42 Å². The first-order chi connectivity index (χ1) is 8.83. The molecule has 5 heteroatoms. The molecule has 98 valence electrons. The molecule has 5 nitrogen and oxygen atoms in total. The number of hydrogen-bond acceptors (Lipinski definition) is 5. The Morgan fingerprint density at radius 1 is 1.44 bits per heavy atom. The lowest BCUT2D eigenvalue weighted by atomic mass is 10.2. The van der Waals surface area contributed by atoms with Crippen molar-refractivity contribution in [1.82, 2.24) is 20.2 Å². The molecule has 3 aliphatic heterocycles. The van der Waals surface area contributed by atoms with Crippen LogP contribution >= 0.6 is 0 Å². The first-order valence-electron chi connectivity index (χ1n) is 6.52. The van der Waals surface area contributed by atoms with Crippen LogP contribution in [0.5, 0.6) is 0 Å². The maximum absolute atomic E-state index is 5.34. The first-order valence-corrected chi connectivity index (χ1v) is 6.52. The highest BCUT2D eigenvalue weighted by atomic mass is 16.7.